The monoisotopic (exact) mass is 506 g/mol. The largest absolute Gasteiger partial charge is 0.493 e. The number of halogens is 1. The van der Waals surface area contributed by atoms with E-state index in [2.05, 4.69) is 5.32 Å². The number of nitrogens with zero attached hydrogens (tertiary/aromatic N) is 1. The van der Waals surface area contributed by atoms with Crippen molar-refractivity contribution in [2.75, 3.05) is 16.8 Å². The zero-order valence-corrected chi connectivity index (χ0v) is 20.7. The van der Waals surface area contributed by atoms with Gasteiger partial charge >= 0.3 is 5.97 Å². The Labute approximate surface area is 214 Å². The van der Waals surface area contributed by atoms with E-state index in [1.807, 2.05) is 31.2 Å². The summed E-state index contributed by atoms with van der Waals surface area (Å²) in [5, 5.41) is 12.8. The standard InChI is InChI=1S/C28H27ClN2O5/c1-17-26(28(35)19-7-13-22(14-8-19)36-16-15-25(33)34)27(23-5-3-4-6-24(23)30-17)31(18(2)32)21-11-9-20(29)10-12-21/h3-14,17,26-27,30H,15-16H2,1-2H3,(H,33,34)/t17-,26?,27-/m0/s1. The number of carbonyl (C=O) groups excluding carboxylic acids is 2. The third-order valence-electron chi connectivity index (χ3n) is 6.29. The summed E-state index contributed by atoms with van der Waals surface area (Å²) < 4.78 is 5.45. The molecular weight excluding hydrogens is 480 g/mol. The molecule has 0 bridgehead atoms. The lowest BCUT2D eigenvalue weighted by molar-refractivity contribution is -0.137. The molecule has 1 unspecified atom stereocenters. The molecule has 0 radical (unpaired) electrons. The molecule has 1 heterocycles. The number of hydrogen-bond acceptors (Lipinski definition) is 5. The Hall–Kier alpha value is -3.84. The number of ether oxygens (including phenoxy) is 1. The van der Waals surface area contributed by atoms with Gasteiger partial charge in [-0.1, -0.05) is 29.8 Å². The molecule has 7 nitrogen and oxygen atoms in total. The second-order valence-electron chi connectivity index (χ2n) is 8.74. The molecule has 3 aromatic rings. The summed E-state index contributed by atoms with van der Waals surface area (Å²) in [7, 11) is 0. The van der Waals surface area contributed by atoms with Crippen LogP contribution in [0, 0.1) is 5.92 Å². The van der Waals surface area contributed by atoms with Crippen LogP contribution in [0.1, 0.15) is 42.2 Å². The molecule has 3 atom stereocenters. The van der Waals surface area contributed by atoms with E-state index < -0.39 is 17.9 Å². The number of carboxylic acid groups (broad SMARTS) is 1. The predicted octanol–water partition coefficient (Wildman–Crippen LogP) is 5.60. The third kappa shape index (κ3) is 5.36. The van der Waals surface area contributed by atoms with Crippen LogP contribution < -0.4 is 15.0 Å². The molecule has 0 fully saturated rings. The Kier molecular flexibility index (Phi) is 7.60. The van der Waals surface area contributed by atoms with E-state index in [9.17, 15) is 14.4 Å². The number of fused-ring (bicyclic) bond motifs is 1. The highest BCUT2D eigenvalue weighted by Crippen LogP contribution is 2.44. The first kappa shape index (κ1) is 25.3. The summed E-state index contributed by atoms with van der Waals surface area (Å²) in [6, 6.07) is 20.5. The van der Waals surface area contributed by atoms with Crippen molar-refractivity contribution in [3.63, 3.8) is 0 Å². The molecule has 36 heavy (non-hydrogen) atoms. The summed E-state index contributed by atoms with van der Waals surface area (Å²) in [4.78, 5) is 39.4. The Morgan fingerprint density at radius 2 is 1.67 bits per heavy atom. The normalized spacial score (nSPS) is 18.5. The van der Waals surface area contributed by atoms with E-state index in [1.165, 1.54) is 6.92 Å². The van der Waals surface area contributed by atoms with Gasteiger partial charge in [0.15, 0.2) is 5.78 Å². The van der Waals surface area contributed by atoms with Crippen LogP contribution in [0.25, 0.3) is 0 Å². The Morgan fingerprint density at radius 1 is 1.00 bits per heavy atom. The van der Waals surface area contributed by atoms with E-state index in [4.69, 9.17) is 21.4 Å². The number of rotatable bonds is 8. The predicted molar refractivity (Wildman–Crippen MR) is 139 cm³/mol. The highest BCUT2D eigenvalue weighted by atomic mass is 35.5. The van der Waals surface area contributed by atoms with Crippen LogP contribution in [-0.4, -0.2) is 35.4 Å². The molecule has 0 saturated carbocycles. The number of para-hydroxylation sites is 1. The minimum Gasteiger partial charge on any atom is -0.493 e. The van der Waals surface area contributed by atoms with E-state index >= 15 is 0 Å². The lowest BCUT2D eigenvalue weighted by atomic mass is 9.77. The summed E-state index contributed by atoms with van der Waals surface area (Å²) in [5.74, 6) is -1.35. The highest BCUT2D eigenvalue weighted by Gasteiger charge is 2.43. The van der Waals surface area contributed by atoms with Crippen LogP contribution in [0.3, 0.4) is 0 Å². The van der Waals surface area contributed by atoms with Gasteiger partial charge in [-0.25, -0.2) is 0 Å². The van der Waals surface area contributed by atoms with Gasteiger partial charge in [0, 0.05) is 34.9 Å². The van der Waals surface area contributed by atoms with Crippen molar-refractivity contribution in [3.8, 4) is 5.75 Å². The van der Waals surface area contributed by atoms with Gasteiger partial charge in [0.05, 0.1) is 25.0 Å². The fourth-order valence-corrected chi connectivity index (χ4v) is 4.79. The maximum absolute atomic E-state index is 13.9. The average molecular weight is 507 g/mol. The Bertz CT molecular complexity index is 1260. The first-order valence-corrected chi connectivity index (χ1v) is 12.0. The molecule has 1 amide bonds. The fourth-order valence-electron chi connectivity index (χ4n) is 4.66. The second-order valence-corrected chi connectivity index (χ2v) is 9.17. The second kappa shape index (κ2) is 10.8. The first-order valence-electron chi connectivity index (χ1n) is 11.7. The van der Waals surface area contributed by atoms with Gasteiger partial charge in [-0.3, -0.25) is 14.4 Å². The van der Waals surface area contributed by atoms with Crippen LogP contribution in [0.2, 0.25) is 5.02 Å². The molecule has 186 valence electrons. The minimum atomic E-state index is -0.942. The molecule has 2 N–H and O–H groups in total. The number of anilines is 2. The van der Waals surface area contributed by atoms with Crippen molar-refractivity contribution >= 4 is 40.6 Å². The molecule has 4 rings (SSSR count). The summed E-state index contributed by atoms with van der Waals surface area (Å²) in [6.45, 7) is 3.48. The number of hydrogen-bond donors (Lipinski definition) is 2. The smallest absolute Gasteiger partial charge is 0.306 e. The topological polar surface area (TPSA) is 95.9 Å². The molecule has 3 aromatic carbocycles. The van der Waals surface area contributed by atoms with Crippen LogP contribution in [0.4, 0.5) is 11.4 Å². The lowest BCUT2D eigenvalue weighted by Crippen LogP contribution is -2.49. The van der Waals surface area contributed by atoms with Crippen molar-refractivity contribution < 1.29 is 24.2 Å². The zero-order chi connectivity index (χ0) is 25.8. The van der Waals surface area contributed by atoms with Gasteiger partial charge in [0.2, 0.25) is 5.91 Å². The van der Waals surface area contributed by atoms with E-state index in [0.717, 1.165) is 11.3 Å². The zero-order valence-electron chi connectivity index (χ0n) is 20.0. The quantitative estimate of drug-likeness (QED) is 0.386. The van der Waals surface area contributed by atoms with Crippen molar-refractivity contribution in [1.29, 1.82) is 0 Å². The van der Waals surface area contributed by atoms with Crippen molar-refractivity contribution in [2.45, 2.75) is 32.4 Å². The van der Waals surface area contributed by atoms with Crippen LogP contribution in [0.15, 0.2) is 72.8 Å². The molecule has 0 aliphatic carbocycles. The van der Waals surface area contributed by atoms with Crippen LogP contribution in [0.5, 0.6) is 5.75 Å². The van der Waals surface area contributed by atoms with Crippen molar-refractivity contribution in [3.05, 3.63) is 88.9 Å². The number of carboxylic acids is 1. The minimum absolute atomic E-state index is 0.0414. The van der Waals surface area contributed by atoms with Crippen molar-refractivity contribution in [1.82, 2.24) is 0 Å². The van der Waals surface area contributed by atoms with Crippen LogP contribution >= 0.6 is 11.6 Å². The number of aliphatic carboxylic acids is 1. The van der Waals surface area contributed by atoms with E-state index in [-0.39, 0.29) is 30.8 Å². The Morgan fingerprint density at radius 3 is 2.31 bits per heavy atom. The van der Waals surface area contributed by atoms with Gasteiger partial charge in [0.1, 0.15) is 5.75 Å². The average Bonchev–Trinajstić information content (AvgIpc) is 2.85. The Balaban J connectivity index is 1.72. The molecule has 8 heteroatoms. The number of ketones is 1. The number of nitrogens with one attached hydrogen (secondary N) is 1. The van der Waals surface area contributed by atoms with Crippen molar-refractivity contribution in [2.24, 2.45) is 5.92 Å². The van der Waals surface area contributed by atoms with Gasteiger partial charge in [-0.05, 0) is 67.1 Å². The third-order valence-corrected chi connectivity index (χ3v) is 6.54. The summed E-state index contributed by atoms with van der Waals surface area (Å²) in [5.41, 5.74) is 2.86. The molecule has 1 aliphatic rings. The molecule has 0 spiro atoms. The molecular formula is C28H27ClN2O5. The van der Waals surface area contributed by atoms with Gasteiger partial charge in [0.25, 0.3) is 0 Å². The SMILES string of the molecule is CC(=O)N(c1ccc(Cl)cc1)[C@H]1c2ccccc2N[C@@H](C)C1C(=O)c1ccc(OCCC(=O)O)cc1. The number of Topliss-reactive ketones (excluding diaryl/α,β-unsaturated/α-hetero) is 1. The summed E-state index contributed by atoms with van der Waals surface area (Å²) >= 11 is 6.10. The number of carbonyl (C=O) groups is 3. The highest BCUT2D eigenvalue weighted by molar-refractivity contribution is 6.30. The lowest BCUT2D eigenvalue weighted by Gasteiger charge is -2.43. The summed E-state index contributed by atoms with van der Waals surface area (Å²) in [6.07, 6.45) is -0.112. The van der Waals surface area contributed by atoms with Gasteiger partial charge in [-0.15, -0.1) is 0 Å². The maximum Gasteiger partial charge on any atom is 0.306 e. The fraction of sp³-hybridized carbons (Fsp3) is 0.250. The van der Waals surface area contributed by atoms with E-state index in [1.54, 1.807) is 53.4 Å². The first-order chi connectivity index (χ1) is 17.3. The number of benzene rings is 3. The van der Waals surface area contributed by atoms with Gasteiger partial charge < -0.3 is 20.1 Å². The number of amides is 1. The maximum atomic E-state index is 13.9. The molecule has 0 saturated heterocycles. The van der Waals surface area contributed by atoms with Crippen LogP contribution in [-0.2, 0) is 9.59 Å². The molecule has 0 aromatic heterocycles. The molecule has 1 aliphatic heterocycles. The van der Waals surface area contributed by atoms with E-state index in [0.29, 0.717) is 22.0 Å². The van der Waals surface area contributed by atoms with Gasteiger partial charge in [-0.2, -0.15) is 0 Å².